The molecule has 3 atom stereocenters. The molecule has 2 rings (SSSR count). The fraction of sp³-hybridized carbons (Fsp3) is 0.486. The summed E-state index contributed by atoms with van der Waals surface area (Å²) in [7, 11) is 0. The van der Waals surface area contributed by atoms with Gasteiger partial charge < -0.3 is 67.0 Å². The molecule has 0 aliphatic carbocycles. The Kier molecular flexibility index (Phi) is 24.6. The average molecular weight is 1520 g/mol. The van der Waals surface area contributed by atoms with Crippen LogP contribution in [0.2, 0.25) is 0 Å². The standard InChI is InChI=1S/C35H43I6N5O14/c1-13(53)17(20-25(36)21(32(57)42-3-5-47)27(38)22(26(20)37)34(59)44-15(9-49)10-50)7-18(55)19(56)8-46(14(2)54)31-29(40)23(33(58)43-4-6-48)28(39)24(30(31)41)35(60)45-16(11-51)12-52/h15-19,47-52,55-56H,3-12H2,1-2H3,(H,42,57)(H,43,58)(H,44,59)(H,45,60). The number of hydrogen-bond donors (Lipinski definition) is 12. The second-order valence-electron chi connectivity index (χ2n) is 12.8. The van der Waals surface area contributed by atoms with Gasteiger partial charge in [-0.2, -0.15) is 0 Å². The highest BCUT2D eigenvalue weighted by atomic mass is 127. The minimum absolute atomic E-state index is 0.0117. The van der Waals surface area contributed by atoms with Gasteiger partial charge in [0.25, 0.3) is 23.6 Å². The summed E-state index contributed by atoms with van der Waals surface area (Å²) in [5.74, 6) is -5.56. The van der Waals surface area contributed by atoms with Crippen LogP contribution in [0.1, 0.15) is 73.2 Å². The van der Waals surface area contributed by atoms with Crippen LogP contribution in [0, 0.1) is 21.4 Å². The number of aliphatic hydroxyl groups is 8. The lowest BCUT2D eigenvalue weighted by molar-refractivity contribution is -0.120. The molecule has 12 N–H and O–H groups in total. The van der Waals surface area contributed by atoms with Crippen molar-refractivity contribution in [2.24, 2.45) is 0 Å². The van der Waals surface area contributed by atoms with Gasteiger partial charge in [0.05, 0.1) is 106 Å². The lowest BCUT2D eigenvalue weighted by atomic mass is 9.86. The second kappa shape index (κ2) is 26.5. The molecule has 0 radical (unpaired) electrons. The van der Waals surface area contributed by atoms with Crippen molar-refractivity contribution in [3.05, 3.63) is 49.2 Å². The molecule has 0 fully saturated rings. The SMILES string of the molecule is CC(=O)C(CC(O)C(O)CN(C(C)=O)c1c(I)c(C(=O)NCCO)c(I)c(C(=O)NC(CO)CO)c1I)c1c(I)c(C(=O)NCCO)c(I)c(C(=O)NC(CO)CO)c1I. The van der Waals surface area contributed by atoms with Crippen LogP contribution in [-0.2, 0) is 9.59 Å². The monoisotopic (exact) mass is 1520 g/mol. The van der Waals surface area contributed by atoms with E-state index >= 15 is 0 Å². The maximum absolute atomic E-state index is 13.6. The van der Waals surface area contributed by atoms with Gasteiger partial charge in [-0.1, -0.05) is 0 Å². The molecule has 0 aromatic heterocycles. The summed E-state index contributed by atoms with van der Waals surface area (Å²) in [4.78, 5) is 82.1. The fourth-order valence-corrected chi connectivity index (χ4v) is 15.2. The Morgan fingerprint density at radius 3 is 1.27 bits per heavy atom. The molecule has 5 amide bonds. The fourth-order valence-electron chi connectivity index (χ4n) is 5.58. The first-order valence-corrected chi connectivity index (χ1v) is 24.1. The molecule has 0 spiro atoms. The minimum atomic E-state index is -1.80. The Labute approximate surface area is 426 Å². The highest BCUT2D eigenvalue weighted by Gasteiger charge is 2.37. The highest BCUT2D eigenvalue weighted by Crippen LogP contribution is 2.41. The quantitative estimate of drug-likeness (QED) is 0.0678. The molecule has 2 aromatic carbocycles. The normalized spacial score (nSPS) is 12.8. The molecule has 0 heterocycles. The van der Waals surface area contributed by atoms with E-state index in [0.29, 0.717) is 0 Å². The zero-order valence-electron chi connectivity index (χ0n) is 31.7. The average Bonchev–Trinajstić information content (AvgIpc) is 3.18. The molecule has 0 saturated heterocycles. The Morgan fingerprint density at radius 1 is 0.550 bits per heavy atom. The third-order valence-corrected chi connectivity index (χ3v) is 15.2. The van der Waals surface area contributed by atoms with Gasteiger partial charge in [-0.05, 0) is 154 Å². The largest absolute Gasteiger partial charge is 0.395 e. The van der Waals surface area contributed by atoms with Crippen molar-refractivity contribution >= 4 is 177 Å². The van der Waals surface area contributed by atoms with Crippen LogP contribution < -0.4 is 26.2 Å². The van der Waals surface area contributed by atoms with Crippen LogP contribution in [-0.4, -0.2) is 160 Å². The molecule has 0 aliphatic heterocycles. The third kappa shape index (κ3) is 13.8. The van der Waals surface area contributed by atoms with Gasteiger partial charge >= 0.3 is 0 Å². The molecule has 3 unspecified atom stereocenters. The van der Waals surface area contributed by atoms with E-state index in [4.69, 9.17) is 0 Å². The van der Waals surface area contributed by atoms with Crippen molar-refractivity contribution in [2.75, 3.05) is 64.2 Å². The van der Waals surface area contributed by atoms with Crippen molar-refractivity contribution in [3.8, 4) is 0 Å². The Balaban J connectivity index is 2.80. The van der Waals surface area contributed by atoms with Crippen LogP contribution in [0.15, 0.2) is 0 Å². The smallest absolute Gasteiger partial charge is 0.253 e. The number of halogens is 6. The van der Waals surface area contributed by atoms with Gasteiger partial charge in [0, 0.05) is 40.2 Å². The second-order valence-corrected chi connectivity index (χ2v) is 19.3. The maximum atomic E-state index is 13.6. The summed E-state index contributed by atoms with van der Waals surface area (Å²) in [6, 6.07) is -2.15. The van der Waals surface area contributed by atoms with Crippen molar-refractivity contribution in [1.82, 2.24) is 21.3 Å². The number of anilines is 1. The molecular formula is C35H43I6N5O14. The van der Waals surface area contributed by atoms with E-state index in [2.05, 4.69) is 21.3 Å². The summed E-state index contributed by atoms with van der Waals surface area (Å²) < 4.78 is 0.949. The summed E-state index contributed by atoms with van der Waals surface area (Å²) in [6.07, 6.45) is -4.08. The molecule has 0 saturated carbocycles. The molecular weight excluding hydrogens is 1480 g/mol. The third-order valence-electron chi connectivity index (χ3n) is 8.68. The molecule has 0 aliphatic rings. The summed E-state index contributed by atoms with van der Waals surface area (Å²) >= 11 is 10.8. The van der Waals surface area contributed by atoms with E-state index in [0.717, 1.165) is 11.8 Å². The lowest BCUT2D eigenvalue weighted by Gasteiger charge is -2.31. The number of carbonyl (C=O) groups is 6. The van der Waals surface area contributed by atoms with E-state index in [1.54, 1.807) is 90.4 Å². The van der Waals surface area contributed by atoms with Gasteiger partial charge in [-0.3, -0.25) is 28.8 Å². The number of aliphatic hydroxyl groups excluding tert-OH is 8. The number of amides is 5. The predicted molar refractivity (Wildman–Crippen MR) is 267 cm³/mol. The van der Waals surface area contributed by atoms with Crippen molar-refractivity contribution in [3.63, 3.8) is 0 Å². The van der Waals surface area contributed by atoms with E-state index in [-0.39, 0.29) is 68.0 Å². The molecule has 60 heavy (non-hydrogen) atoms. The van der Waals surface area contributed by atoms with E-state index in [1.807, 2.05) is 45.2 Å². The topological polar surface area (TPSA) is 316 Å². The predicted octanol–water partition coefficient (Wildman–Crippen LogP) is -0.238. The molecule has 2 aromatic rings. The minimum Gasteiger partial charge on any atom is -0.395 e. The first kappa shape index (κ1) is 55.7. The number of benzene rings is 2. The van der Waals surface area contributed by atoms with Crippen LogP contribution in [0.5, 0.6) is 0 Å². The molecule has 25 heteroatoms. The first-order valence-electron chi connectivity index (χ1n) is 17.6. The number of nitrogens with zero attached hydrogens (tertiary/aromatic N) is 1. The van der Waals surface area contributed by atoms with Gasteiger partial charge in [0.1, 0.15) is 5.78 Å². The number of carbonyl (C=O) groups excluding carboxylic acids is 6. The summed E-state index contributed by atoms with van der Waals surface area (Å²) in [5, 5.41) is 90.4. The van der Waals surface area contributed by atoms with E-state index in [9.17, 15) is 69.6 Å². The molecule has 334 valence electrons. The van der Waals surface area contributed by atoms with E-state index in [1.165, 1.54) is 6.92 Å². The zero-order chi connectivity index (χ0) is 45.8. The van der Waals surface area contributed by atoms with Crippen LogP contribution in [0.25, 0.3) is 0 Å². The molecule has 0 bridgehead atoms. The van der Waals surface area contributed by atoms with Crippen molar-refractivity contribution in [2.45, 2.75) is 50.5 Å². The number of rotatable bonds is 22. The first-order chi connectivity index (χ1) is 28.2. The van der Waals surface area contributed by atoms with Crippen molar-refractivity contribution < 1.29 is 69.6 Å². The van der Waals surface area contributed by atoms with E-state index < -0.39 is 118 Å². The number of hydrogen-bond acceptors (Lipinski definition) is 14. The Morgan fingerprint density at radius 2 is 0.917 bits per heavy atom. The Bertz CT molecular complexity index is 1800. The van der Waals surface area contributed by atoms with Crippen LogP contribution >= 0.6 is 136 Å². The van der Waals surface area contributed by atoms with Gasteiger partial charge in [0.15, 0.2) is 0 Å². The number of Topliss-reactive ketones (excluding diaryl/α,β-unsaturated/α-hetero) is 1. The zero-order valence-corrected chi connectivity index (χ0v) is 44.6. The van der Waals surface area contributed by atoms with Gasteiger partial charge in [-0.15, -0.1) is 0 Å². The number of nitrogens with one attached hydrogen (secondary N) is 4. The summed E-state index contributed by atoms with van der Waals surface area (Å²) in [5.41, 5.74) is -0.174. The Hall–Kier alpha value is -0.480. The van der Waals surface area contributed by atoms with Crippen LogP contribution in [0.3, 0.4) is 0 Å². The maximum Gasteiger partial charge on any atom is 0.253 e. The van der Waals surface area contributed by atoms with Crippen LogP contribution in [0.4, 0.5) is 5.69 Å². The van der Waals surface area contributed by atoms with Gasteiger partial charge in [-0.25, -0.2) is 0 Å². The summed E-state index contributed by atoms with van der Waals surface area (Å²) in [6.45, 7) is -1.90. The number of ketones is 1. The molecule has 19 nitrogen and oxygen atoms in total. The van der Waals surface area contributed by atoms with Gasteiger partial charge in [0.2, 0.25) is 5.91 Å². The van der Waals surface area contributed by atoms with Crippen molar-refractivity contribution in [1.29, 1.82) is 0 Å². The highest BCUT2D eigenvalue weighted by molar-refractivity contribution is 14.1. The lowest BCUT2D eigenvalue weighted by Crippen LogP contribution is -2.44.